The molecule has 3 nitrogen and oxygen atoms in total. The van der Waals surface area contributed by atoms with Gasteiger partial charge in [0.25, 0.3) is 0 Å². The Morgan fingerprint density at radius 3 is 2.76 bits per heavy atom. The Hall–Kier alpha value is -1.55. The van der Waals surface area contributed by atoms with Crippen LogP contribution in [0, 0.1) is 0 Å². The van der Waals surface area contributed by atoms with Crippen molar-refractivity contribution in [2.75, 3.05) is 14.1 Å². The number of hydrogen-bond acceptors (Lipinski definition) is 3. The van der Waals surface area contributed by atoms with E-state index < -0.39 is 0 Å². The van der Waals surface area contributed by atoms with Gasteiger partial charge >= 0.3 is 0 Å². The molecule has 88 valence electrons. The Morgan fingerprint density at radius 2 is 2.06 bits per heavy atom. The monoisotopic (exact) mass is 292 g/mol. The lowest BCUT2D eigenvalue weighted by Crippen LogP contribution is -2.01. The van der Waals surface area contributed by atoms with Gasteiger partial charge in [0.15, 0.2) is 0 Å². The van der Waals surface area contributed by atoms with Gasteiger partial charge in [0.1, 0.15) is 11.5 Å². The maximum atomic E-state index is 5.68. The molecule has 17 heavy (non-hydrogen) atoms. The van der Waals surface area contributed by atoms with Crippen molar-refractivity contribution < 1.29 is 4.42 Å². The third kappa shape index (κ3) is 3.20. The Morgan fingerprint density at radius 1 is 1.24 bits per heavy atom. The van der Waals surface area contributed by atoms with E-state index in [4.69, 9.17) is 4.42 Å². The van der Waals surface area contributed by atoms with Gasteiger partial charge in [-0.15, -0.1) is 0 Å². The molecule has 0 N–H and O–H groups in total. The molecule has 0 unspecified atom stereocenters. The summed E-state index contributed by atoms with van der Waals surface area (Å²) in [5.41, 5.74) is 1.05. The molecule has 0 spiro atoms. The van der Waals surface area contributed by atoms with Crippen molar-refractivity contribution in [2.24, 2.45) is 5.10 Å². The van der Waals surface area contributed by atoms with Crippen molar-refractivity contribution >= 4 is 22.1 Å². The molecule has 1 heterocycles. The van der Waals surface area contributed by atoms with E-state index in [1.807, 2.05) is 50.5 Å². The number of hydrogen-bond donors (Lipinski definition) is 0. The van der Waals surface area contributed by atoms with E-state index >= 15 is 0 Å². The van der Waals surface area contributed by atoms with Crippen molar-refractivity contribution in [1.82, 2.24) is 5.01 Å². The SMILES string of the molecule is CN(C)/N=C/c1ccc(-c2cccc(Br)c2)o1. The van der Waals surface area contributed by atoms with E-state index in [0.29, 0.717) is 0 Å². The van der Waals surface area contributed by atoms with Crippen LogP contribution in [-0.4, -0.2) is 25.3 Å². The lowest BCUT2D eigenvalue weighted by atomic mass is 10.2. The van der Waals surface area contributed by atoms with Gasteiger partial charge in [-0.05, 0) is 24.3 Å². The molecule has 2 rings (SSSR count). The highest BCUT2D eigenvalue weighted by molar-refractivity contribution is 9.10. The van der Waals surface area contributed by atoms with Crippen LogP contribution in [0.5, 0.6) is 0 Å². The minimum Gasteiger partial charge on any atom is -0.455 e. The van der Waals surface area contributed by atoms with Gasteiger partial charge < -0.3 is 9.43 Å². The molecule has 0 aliphatic heterocycles. The number of benzene rings is 1. The number of halogens is 1. The molecule has 0 bridgehead atoms. The highest BCUT2D eigenvalue weighted by Crippen LogP contribution is 2.24. The number of hydrazone groups is 1. The predicted molar refractivity (Wildman–Crippen MR) is 73.1 cm³/mol. The van der Waals surface area contributed by atoms with Crippen LogP contribution in [0.15, 0.2) is 50.4 Å². The van der Waals surface area contributed by atoms with Crippen molar-refractivity contribution in [3.05, 3.63) is 46.6 Å². The summed E-state index contributed by atoms with van der Waals surface area (Å²) >= 11 is 3.44. The second-order valence-electron chi connectivity index (χ2n) is 3.80. The second-order valence-corrected chi connectivity index (χ2v) is 4.72. The summed E-state index contributed by atoms with van der Waals surface area (Å²) in [6.07, 6.45) is 1.70. The molecule has 0 aliphatic carbocycles. The van der Waals surface area contributed by atoms with Gasteiger partial charge in [-0.1, -0.05) is 28.1 Å². The molecule has 4 heteroatoms. The van der Waals surface area contributed by atoms with Crippen LogP contribution in [0.25, 0.3) is 11.3 Å². The van der Waals surface area contributed by atoms with Crippen LogP contribution in [0.4, 0.5) is 0 Å². The molecular formula is C13H13BrN2O. The van der Waals surface area contributed by atoms with Gasteiger partial charge in [0.2, 0.25) is 0 Å². The predicted octanol–water partition coefficient (Wildman–Crippen LogP) is 3.60. The van der Waals surface area contributed by atoms with E-state index in [2.05, 4.69) is 21.0 Å². The summed E-state index contributed by atoms with van der Waals surface area (Å²) in [6, 6.07) is 11.8. The standard InChI is InChI=1S/C13H13BrN2O/c1-16(2)15-9-12-6-7-13(17-12)10-4-3-5-11(14)8-10/h3-9H,1-2H3/b15-9+. The molecule has 2 aromatic rings. The molecule has 0 radical (unpaired) electrons. The van der Waals surface area contributed by atoms with Crippen LogP contribution in [0.1, 0.15) is 5.76 Å². The minimum absolute atomic E-state index is 0.744. The van der Waals surface area contributed by atoms with E-state index in [0.717, 1.165) is 21.6 Å². The molecule has 0 amide bonds. The first-order valence-electron chi connectivity index (χ1n) is 5.22. The highest BCUT2D eigenvalue weighted by Gasteiger charge is 2.03. The fourth-order valence-electron chi connectivity index (χ4n) is 1.39. The first-order chi connectivity index (χ1) is 8.15. The molecule has 0 atom stereocenters. The molecule has 1 aromatic heterocycles. The average Bonchev–Trinajstić information content (AvgIpc) is 2.75. The number of rotatable bonds is 3. The Balaban J connectivity index is 2.24. The van der Waals surface area contributed by atoms with Gasteiger partial charge in [-0.2, -0.15) is 5.10 Å². The summed E-state index contributed by atoms with van der Waals surface area (Å²) in [7, 11) is 3.74. The highest BCUT2D eigenvalue weighted by atomic mass is 79.9. The largest absolute Gasteiger partial charge is 0.455 e. The summed E-state index contributed by atoms with van der Waals surface area (Å²) in [5.74, 6) is 1.58. The zero-order chi connectivity index (χ0) is 12.3. The summed E-state index contributed by atoms with van der Waals surface area (Å²) in [6.45, 7) is 0. The van der Waals surface area contributed by atoms with Crippen LogP contribution in [0.2, 0.25) is 0 Å². The second kappa shape index (κ2) is 5.19. The molecule has 0 saturated heterocycles. The van der Waals surface area contributed by atoms with E-state index in [1.165, 1.54) is 0 Å². The van der Waals surface area contributed by atoms with Crippen LogP contribution in [-0.2, 0) is 0 Å². The lowest BCUT2D eigenvalue weighted by Gasteiger charge is -2.00. The number of furan rings is 1. The summed E-state index contributed by atoms with van der Waals surface area (Å²) in [5, 5.41) is 5.85. The average molecular weight is 293 g/mol. The Kier molecular flexibility index (Phi) is 3.64. The molecular weight excluding hydrogens is 280 g/mol. The van der Waals surface area contributed by atoms with Crippen LogP contribution >= 0.6 is 15.9 Å². The van der Waals surface area contributed by atoms with Gasteiger partial charge in [-0.25, -0.2) is 0 Å². The summed E-state index contributed by atoms with van der Waals surface area (Å²) < 4.78 is 6.72. The molecule has 0 saturated carbocycles. The third-order valence-electron chi connectivity index (χ3n) is 2.15. The van der Waals surface area contributed by atoms with Crippen molar-refractivity contribution in [3.63, 3.8) is 0 Å². The van der Waals surface area contributed by atoms with Crippen molar-refractivity contribution in [1.29, 1.82) is 0 Å². The first kappa shape index (κ1) is 11.9. The smallest absolute Gasteiger partial charge is 0.147 e. The zero-order valence-electron chi connectivity index (χ0n) is 9.72. The maximum absolute atomic E-state index is 5.68. The maximum Gasteiger partial charge on any atom is 0.147 e. The van der Waals surface area contributed by atoms with Crippen LogP contribution < -0.4 is 0 Å². The fourth-order valence-corrected chi connectivity index (χ4v) is 1.79. The van der Waals surface area contributed by atoms with Gasteiger partial charge in [0, 0.05) is 24.1 Å². The van der Waals surface area contributed by atoms with Crippen molar-refractivity contribution in [2.45, 2.75) is 0 Å². The molecule has 0 fully saturated rings. The fraction of sp³-hybridized carbons (Fsp3) is 0.154. The topological polar surface area (TPSA) is 28.7 Å². The lowest BCUT2D eigenvalue weighted by molar-refractivity contribution is 0.438. The van der Waals surface area contributed by atoms with E-state index in [-0.39, 0.29) is 0 Å². The normalized spacial score (nSPS) is 11.0. The summed E-state index contributed by atoms with van der Waals surface area (Å²) in [4.78, 5) is 0. The third-order valence-corrected chi connectivity index (χ3v) is 2.65. The Labute approximate surface area is 109 Å². The first-order valence-corrected chi connectivity index (χ1v) is 6.01. The Bertz CT molecular complexity index is 532. The molecule has 0 aliphatic rings. The number of nitrogens with zero attached hydrogens (tertiary/aromatic N) is 2. The van der Waals surface area contributed by atoms with Crippen molar-refractivity contribution in [3.8, 4) is 11.3 Å². The molecule has 1 aromatic carbocycles. The zero-order valence-corrected chi connectivity index (χ0v) is 11.3. The minimum atomic E-state index is 0.744. The van der Waals surface area contributed by atoms with Gasteiger partial charge in [-0.3, -0.25) is 0 Å². The van der Waals surface area contributed by atoms with E-state index in [1.54, 1.807) is 11.2 Å². The quantitative estimate of drug-likeness (QED) is 0.639. The van der Waals surface area contributed by atoms with E-state index in [9.17, 15) is 0 Å². The van der Waals surface area contributed by atoms with Crippen LogP contribution in [0.3, 0.4) is 0 Å². The van der Waals surface area contributed by atoms with Gasteiger partial charge in [0.05, 0.1) is 6.21 Å².